The number of carbonyl (C=O) groups is 1. The molecule has 8 heteroatoms. The molecule has 4 aromatic rings. The topological polar surface area (TPSA) is 97.1 Å². The van der Waals surface area contributed by atoms with E-state index in [9.17, 15) is 14.9 Å². The summed E-state index contributed by atoms with van der Waals surface area (Å²) in [6.07, 6.45) is 5.16. The van der Waals surface area contributed by atoms with Crippen molar-refractivity contribution in [2.45, 2.75) is 32.4 Å². The first-order valence-corrected chi connectivity index (χ1v) is 14.2. The molecule has 1 fully saturated rings. The molecule has 1 amide bonds. The number of benzene rings is 4. The predicted octanol–water partition coefficient (Wildman–Crippen LogP) is 6.39. The predicted molar refractivity (Wildman–Crippen MR) is 164 cm³/mol. The number of carbonyl (C=O) groups excluding carboxylic acids is 1. The van der Waals surface area contributed by atoms with E-state index in [0.29, 0.717) is 17.9 Å². The SMILES string of the molecule is O=C(N/N=C\c1ccc(OCc2ccc([N+](=O)[O-])cc2)cc1)c1ccc(CN2CCC(Cc3ccccc3)CC2)cc1. The van der Waals surface area contributed by atoms with Crippen molar-refractivity contribution >= 4 is 17.8 Å². The number of amides is 1. The number of piperidine rings is 1. The van der Waals surface area contributed by atoms with Gasteiger partial charge in [0.2, 0.25) is 0 Å². The lowest BCUT2D eigenvalue weighted by molar-refractivity contribution is -0.384. The second-order valence-electron chi connectivity index (χ2n) is 10.6. The molecule has 0 aromatic heterocycles. The number of ether oxygens (including phenoxy) is 1. The average Bonchev–Trinajstić information content (AvgIpc) is 3.02. The smallest absolute Gasteiger partial charge is 0.271 e. The molecule has 214 valence electrons. The summed E-state index contributed by atoms with van der Waals surface area (Å²) >= 11 is 0. The summed E-state index contributed by atoms with van der Waals surface area (Å²) in [6.45, 7) is 3.39. The van der Waals surface area contributed by atoms with E-state index in [4.69, 9.17) is 4.74 Å². The van der Waals surface area contributed by atoms with Crippen LogP contribution >= 0.6 is 0 Å². The lowest BCUT2D eigenvalue weighted by atomic mass is 9.90. The third kappa shape index (κ3) is 8.34. The lowest BCUT2D eigenvalue weighted by Crippen LogP contribution is -2.33. The van der Waals surface area contributed by atoms with Gasteiger partial charge in [-0.3, -0.25) is 19.8 Å². The van der Waals surface area contributed by atoms with Gasteiger partial charge in [-0.15, -0.1) is 0 Å². The molecule has 5 rings (SSSR count). The first kappa shape index (κ1) is 28.7. The molecule has 42 heavy (non-hydrogen) atoms. The highest BCUT2D eigenvalue weighted by atomic mass is 16.6. The van der Waals surface area contributed by atoms with Gasteiger partial charge in [0.25, 0.3) is 11.6 Å². The zero-order valence-corrected chi connectivity index (χ0v) is 23.4. The van der Waals surface area contributed by atoms with E-state index < -0.39 is 4.92 Å². The molecule has 0 atom stereocenters. The number of rotatable bonds is 11. The molecule has 1 saturated heterocycles. The van der Waals surface area contributed by atoms with Crippen LogP contribution in [0.25, 0.3) is 0 Å². The summed E-state index contributed by atoms with van der Waals surface area (Å²) < 4.78 is 5.74. The Kier molecular flexibility index (Phi) is 9.69. The van der Waals surface area contributed by atoms with Crippen molar-refractivity contribution in [1.29, 1.82) is 0 Å². The van der Waals surface area contributed by atoms with Crippen molar-refractivity contribution < 1.29 is 14.5 Å². The van der Waals surface area contributed by atoms with E-state index in [1.54, 1.807) is 30.5 Å². The van der Waals surface area contributed by atoms with Crippen molar-refractivity contribution in [1.82, 2.24) is 10.3 Å². The van der Waals surface area contributed by atoms with E-state index in [0.717, 1.165) is 43.1 Å². The highest BCUT2D eigenvalue weighted by molar-refractivity contribution is 5.94. The molecule has 0 aliphatic carbocycles. The fourth-order valence-corrected chi connectivity index (χ4v) is 5.08. The Bertz CT molecular complexity index is 1480. The van der Waals surface area contributed by atoms with Gasteiger partial charge in [0.05, 0.1) is 11.1 Å². The van der Waals surface area contributed by atoms with Crippen molar-refractivity contribution in [2.24, 2.45) is 11.0 Å². The van der Waals surface area contributed by atoms with Crippen LogP contribution in [-0.2, 0) is 19.6 Å². The summed E-state index contributed by atoms with van der Waals surface area (Å²) in [4.78, 5) is 25.4. The number of nitrogens with zero attached hydrogens (tertiary/aromatic N) is 3. The highest BCUT2D eigenvalue weighted by Gasteiger charge is 2.19. The minimum atomic E-state index is -0.429. The molecule has 4 aromatic carbocycles. The Hall–Kier alpha value is -4.82. The van der Waals surface area contributed by atoms with Gasteiger partial charge in [0, 0.05) is 24.2 Å². The molecule has 0 unspecified atom stereocenters. The second kappa shape index (κ2) is 14.2. The number of likely N-dealkylation sites (tertiary alicyclic amines) is 1. The Balaban J connectivity index is 1.03. The van der Waals surface area contributed by atoms with Gasteiger partial charge >= 0.3 is 0 Å². The number of hydrogen-bond acceptors (Lipinski definition) is 6. The lowest BCUT2D eigenvalue weighted by Gasteiger charge is -2.32. The summed E-state index contributed by atoms with van der Waals surface area (Å²) in [5.74, 6) is 1.14. The van der Waals surface area contributed by atoms with Gasteiger partial charge in [-0.25, -0.2) is 5.43 Å². The summed E-state index contributed by atoms with van der Waals surface area (Å²) in [5.41, 5.74) is 7.47. The van der Waals surface area contributed by atoms with Gasteiger partial charge in [-0.1, -0.05) is 42.5 Å². The fourth-order valence-electron chi connectivity index (χ4n) is 5.08. The number of hydrogen-bond donors (Lipinski definition) is 1. The van der Waals surface area contributed by atoms with E-state index in [1.807, 2.05) is 36.4 Å². The van der Waals surface area contributed by atoms with Crippen LogP contribution in [0, 0.1) is 16.0 Å². The molecule has 0 spiro atoms. The van der Waals surface area contributed by atoms with E-state index in [1.165, 1.54) is 36.1 Å². The second-order valence-corrected chi connectivity index (χ2v) is 10.6. The Labute approximate surface area is 245 Å². The molecule has 8 nitrogen and oxygen atoms in total. The van der Waals surface area contributed by atoms with Gasteiger partial charge in [0.15, 0.2) is 0 Å². The summed E-state index contributed by atoms with van der Waals surface area (Å²) in [5, 5.41) is 14.9. The average molecular weight is 563 g/mol. The molecular formula is C34H34N4O4. The standard InChI is InChI=1S/C34H34N4O4/c39-34(36-35-23-28-10-16-33(17-11-28)42-25-30-8-14-32(15-9-30)38(40)41)31-12-6-29(7-13-31)24-37-20-18-27(19-21-37)22-26-4-2-1-3-5-26/h1-17,23,27H,18-22,24-25H2,(H,36,39)/b35-23-. The van der Waals surface area contributed by atoms with Gasteiger partial charge < -0.3 is 4.74 Å². The highest BCUT2D eigenvalue weighted by Crippen LogP contribution is 2.23. The Morgan fingerprint density at radius 3 is 2.21 bits per heavy atom. The van der Waals surface area contributed by atoms with Crippen LogP contribution in [0.1, 0.15) is 45.5 Å². The number of nitro benzene ring substituents is 1. The molecule has 1 N–H and O–H groups in total. The van der Waals surface area contributed by atoms with Crippen LogP contribution in [0.15, 0.2) is 108 Å². The number of non-ortho nitro benzene ring substituents is 1. The van der Waals surface area contributed by atoms with Gasteiger partial charge in [-0.2, -0.15) is 5.10 Å². The zero-order valence-electron chi connectivity index (χ0n) is 23.4. The van der Waals surface area contributed by atoms with E-state index in [2.05, 4.69) is 45.8 Å². The molecular weight excluding hydrogens is 528 g/mol. The van der Waals surface area contributed by atoms with E-state index in [-0.39, 0.29) is 11.6 Å². The maximum absolute atomic E-state index is 12.6. The van der Waals surface area contributed by atoms with Gasteiger partial charge in [-0.05, 0) is 109 Å². The molecule has 0 saturated carbocycles. The van der Waals surface area contributed by atoms with Crippen molar-refractivity contribution in [3.8, 4) is 5.75 Å². The maximum Gasteiger partial charge on any atom is 0.271 e. The summed E-state index contributed by atoms with van der Waals surface area (Å²) in [7, 11) is 0. The first-order chi connectivity index (χ1) is 20.5. The van der Waals surface area contributed by atoms with Crippen molar-refractivity contribution in [3.63, 3.8) is 0 Å². The summed E-state index contributed by atoms with van der Waals surface area (Å²) in [6, 6.07) is 32.0. The Morgan fingerprint density at radius 2 is 1.55 bits per heavy atom. The minimum absolute atomic E-state index is 0.0486. The number of nitro groups is 1. The minimum Gasteiger partial charge on any atom is -0.489 e. The van der Waals surface area contributed by atoms with Crippen molar-refractivity contribution in [3.05, 3.63) is 141 Å². The largest absolute Gasteiger partial charge is 0.489 e. The van der Waals surface area contributed by atoms with Crippen LogP contribution in [0.4, 0.5) is 5.69 Å². The third-order valence-corrected chi connectivity index (χ3v) is 7.51. The normalized spacial score (nSPS) is 14.1. The monoisotopic (exact) mass is 562 g/mol. The third-order valence-electron chi connectivity index (χ3n) is 7.51. The quantitative estimate of drug-likeness (QED) is 0.130. The maximum atomic E-state index is 12.6. The zero-order chi connectivity index (χ0) is 29.1. The van der Waals surface area contributed by atoms with Crippen LogP contribution < -0.4 is 10.2 Å². The van der Waals surface area contributed by atoms with Crippen LogP contribution in [0.3, 0.4) is 0 Å². The molecule has 0 bridgehead atoms. The molecule has 1 aliphatic rings. The van der Waals surface area contributed by atoms with Crippen molar-refractivity contribution in [2.75, 3.05) is 13.1 Å². The Morgan fingerprint density at radius 1 is 0.881 bits per heavy atom. The van der Waals surface area contributed by atoms with E-state index >= 15 is 0 Å². The fraction of sp³-hybridized carbons (Fsp3) is 0.235. The first-order valence-electron chi connectivity index (χ1n) is 14.2. The van der Waals surface area contributed by atoms with Crippen LogP contribution in [0.2, 0.25) is 0 Å². The number of nitrogens with one attached hydrogen (secondary N) is 1. The van der Waals surface area contributed by atoms with Gasteiger partial charge in [0.1, 0.15) is 12.4 Å². The van der Waals surface area contributed by atoms with Crippen LogP contribution in [0.5, 0.6) is 5.75 Å². The molecule has 1 aliphatic heterocycles. The molecule has 1 heterocycles. The number of hydrazone groups is 1. The van der Waals surface area contributed by atoms with Crippen LogP contribution in [-0.4, -0.2) is 35.0 Å². The molecule has 0 radical (unpaired) electrons.